The van der Waals surface area contributed by atoms with Gasteiger partial charge < -0.3 is 19.3 Å². The molecule has 1 heterocycles. The molecule has 0 fully saturated rings. The van der Waals surface area contributed by atoms with Gasteiger partial charge in [0.05, 0.1) is 23.3 Å². The maximum Gasteiger partial charge on any atom is 0.271 e. The molecule has 0 aliphatic heterocycles. The molecule has 1 N–H and O–H groups in total. The van der Waals surface area contributed by atoms with E-state index in [2.05, 4.69) is 10.5 Å². The second kappa shape index (κ2) is 9.57. The minimum atomic E-state index is -0.521. The quantitative estimate of drug-likeness (QED) is 0.323. The van der Waals surface area contributed by atoms with Crippen LogP contribution in [0.3, 0.4) is 0 Å². The Morgan fingerprint density at radius 3 is 2.71 bits per heavy atom. The van der Waals surface area contributed by atoms with E-state index in [1.54, 1.807) is 30.3 Å². The van der Waals surface area contributed by atoms with E-state index >= 15 is 0 Å². The van der Waals surface area contributed by atoms with Gasteiger partial charge in [0.15, 0.2) is 11.5 Å². The first kappa shape index (κ1) is 21.6. The Bertz CT molecular complexity index is 1120. The highest BCUT2D eigenvalue weighted by atomic mass is 16.6. The summed E-state index contributed by atoms with van der Waals surface area (Å²) in [5, 5.41) is 17.3. The van der Waals surface area contributed by atoms with Gasteiger partial charge in [0.1, 0.15) is 12.4 Å². The van der Waals surface area contributed by atoms with E-state index in [1.807, 2.05) is 13.8 Å². The van der Waals surface area contributed by atoms with E-state index in [1.165, 1.54) is 31.4 Å². The molecule has 3 aromatic rings. The van der Waals surface area contributed by atoms with Crippen molar-refractivity contribution in [2.45, 2.75) is 20.5 Å². The number of carbonyl (C=O) groups excluding carboxylic acids is 1. The molecule has 0 atom stereocenters. The van der Waals surface area contributed by atoms with Crippen molar-refractivity contribution in [3.63, 3.8) is 0 Å². The Hall–Kier alpha value is -4.14. The smallest absolute Gasteiger partial charge is 0.271 e. The number of non-ortho nitro benzene ring substituents is 1. The molecule has 0 aliphatic rings. The zero-order valence-corrected chi connectivity index (χ0v) is 17.2. The van der Waals surface area contributed by atoms with Gasteiger partial charge in [-0.1, -0.05) is 17.3 Å². The number of rotatable bonds is 8. The van der Waals surface area contributed by atoms with Crippen LogP contribution in [0.4, 0.5) is 11.4 Å². The molecular weight excluding hydrogens is 402 g/mol. The monoisotopic (exact) mass is 423 g/mol. The van der Waals surface area contributed by atoms with Crippen LogP contribution in [0.2, 0.25) is 0 Å². The fourth-order valence-electron chi connectivity index (χ4n) is 2.82. The SMILES string of the molecule is COc1cc(/C=C/C(=O)Nc2cccc([N+](=O)[O-])c2)ccc1OCc1c(C)noc1C. The van der Waals surface area contributed by atoms with Crippen molar-refractivity contribution >= 4 is 23.4 Å². The lowest BCUT2D eigenvalue weighted by atomic mass is 10.1. The topological polar surface area (TPSA) is 117 Å². The number of carbonyl (C=O) groups is 1. The lowest BCUT2D eigenvalue weighted by Gasteiger charge is -2.11. The van der Waals surface area contributed by atoms with Gasteiger partial charge >= 0.3 is 0 Å². The molecule has 0 aliphatic carbocycles. The van der Waals surface area contributed by atoms with E-state index in [0.29, 0.717) is 29.6 Å². The summed E-state index contributed by atoms with van der Waals surface area (Å²) in [5.74, 6) is 1.33. The van der Waals surface area contributed by atoms with Crippen LogP contribution in [0.5, 0.6) is 11.5 Å². The first-order valence-corrected chi connectivity index (χ1v) is 9.33. The van der Waals surface area contributed by atoms with E-state index in [4.69, 9.17) is 14.0 Å². The highest BCUT2D eigenvalue weighted by Crippen LogP contribution is 2.30. The number of aromatic nitrogens is 1. The molecular formula is C22H21N3O6. The Morgan fingerprint density at radius 1 is 1.23 bits per heavy atom. The van der Waals surface area contributed by atoms with Crippen molar-refractivity contribution in [2.24, 2.45) is 0 Å². The molecule has 0 saturated heterocycles. The summed E-state index contributed by atoms with van der Waals surface area (Å²) in [5.41, 5.74) is 2.61. The van der Waals surface area contributed by atoms with Crippen LogP contribution in [-0.4, -0.2) is 23.1 Å². The first-order chi connectivity index (χ1) is 14.9. The molecule has 160 valence electrons. The van der Waals surface area contributed by atoms with Gasteiger partial charge in [0.25, 0.3) is 5.69 Å². The number of anilines is 1. The summed E-state index contributed by atoms with van der Waals surface area (Å²) in [4.78, 5) is 22.5. The predicted molar refractivity (Wildman–Crippen MR) is 114 cm³/mol. The summed E-state index contributed by atoms with van der Waals surface area (Å²) in [6.07, 6.45) is 2.94. The molecule has 31 heavy (non-hydrogen) atoms. The third-order valence-electron chi connectivity index (χ3n) is 4.49. The number of nitrogens with one attached hydrogen (secondary N) is 1. The molecule has 3 rings (SSSR count). The van der Waals surface area contributed by atoms with Gasteiger partial charge in [0, 0.05) is 23.9 Å². The normalized spacial score (nSPS) is 10.8. The molecule has 0 radical (unpaired) electrons. The van der Waals surface area contributed by atoms with Crippen LogP contribution in [-0.2, 0) is 11.4 Å². The molecule has 0 bridgehead atoms. The van der Waals surface area contributed by atoms with Crippen LogP contribution in [0, 0.1) is 24.0 Å². The highest BCUT2D eigenvalue weighted by Gasteiger charge is 2.12. The number of methoxy groups -OCH3 is 1. The number of aryl methyl sites for hydroxylation is 2. The molecule has 0 unspecified atom stereocenters. The van der Waals surface area contributed by atoms with Crippen LogP contribution in [0.1, 0.15) is 22.6 Å². The molecule has 0 spiro atoms. The number of hydrogen-bond acceptors (Lipinski definition) is 7. The number of nitro groups is 1. The van der Waals surface area contributed by atoms with Gasteiger partial charge in [0.2, 0.25) is 5.91 Å². The fraction of sp³-hybridized carbons (Fsp3) is 0.182. The molecule has 0 saturated carbocycles. The largest absolute Gasteiger partial charge is 0.493 e. The molecule has 1 aromatic heterocycles. The maximum atomic E-state index is 12.1. The van der Waals surface area contributed by atoms with E-state index in [9.17, 15) is 14.9 Å². The van der Waals surface area contributed by atoms with Crippen molar-refractivity contribution in [1.29, 1.82) is 0 Å². The minimum absolute atomic E-state index is 0.0984. The summed E-state index contributed by atoms with van der Waals surface area (Å²) in [7, 11) is 1.53. The Balaban J connectivity index is 1.66. The van der Waals surface area contributed by atoms with Crippen LogP contribution in [0.25, 0.3) is 6.08 Å². The fourth-order valence-corrected chi connectivity index (χ4v) is 2.82. The number of nitrogens with zero attached hydrogens (tertiary/aromatic N) is 2. The van der Waals surface area contributed by atoms with Crippen molar-refractivity contribution in [3.05, 3.63) is 81.2 Å². The van der Waals surface area contributed by atoms with Gasteiger partial charge in [-0.25, -0.2) is 0 Å². The summed E-state index contributed by atoms with van der Waals surface area (Å²) < 4.78 is 16.4. The van der Waals surface area contributed by atoms with Crippen molar-refractivity contribution in [1.82, 2.24) is 5.16 Å². The van der Waals surface area contributed by atoms with Gasteiger partial charge in [-0.2, -0.15) is 0 Å². The summed E-state index contributed by atoms with van der Waals surface area (Å²) >= 11 is 0. The first-order valence-electron chi connectivity index (χ1n) is 9.33. The molecule has 9 heteroatoms. The Labute approximate surface area is 178 Å². The van der Waals surface area contributed by atoms with E-state index in [-0.39, 0.29) is 5.69 Å². The van der Waals surface area contributed by atoms with Crippen LogP contribution in [0.15, 0.2) is 53.1 Å². The van der Waals surface area contributed by atoms with Crippen LogP contribution < -0.4 is 14.8 Å². The second-order valence-corrected chi connectivity index (χ2v) is 6.63. The summed E-state index contributed by atoms with van der Waals surface area (Å²) in [6, 6.07) is 11.0. The van der Waals surface area contributed by atoms with Crippen LogP contribution >= 0.6 is 0 Å². The third kappa shape index (κ3) is 5.47. The second-order valence-electron chi connectivity index (χ2n) is 6.63. The van der Waals surface area contributed by atoms with Crippen molar-refractivity contribution < 1.29 is 23.7 Å². The van der Waals surface area contributed by atoms with Gasteiger partial charge in [-0.15, -0.1) is 0 Å². The minimum Gasteiger partial charge on any atom is -0.493 e. The third-order valence-corrected chi connectivity index (χ3v) is 4.49. The molecule has 1 amide bonds. The van der Waals surface area contributed by atoms with E-state index in [0.717, 1.165) is 16.8 Å². The van der Waals surface area contributed by atoms with Crippen molar-refractivity contribution in [3.8, 4) is 11.5 Å². The standard InChI is InChI=1S/C22H21N3O6/c1-14-19(15(2)31-24-14)13-30-20-9-7-16(11-21(20)29-3)8-10-22(26)23-17-5-4-6-18(12-17)25(27)28/h4-12H,13H2,1-3H3,(H,23,26)/b10-8+. The zero-order valence-electron chi connectivity index (χ0n) is 17.2. The number of nitro benzene ring substituents is 1. The Morgan fingerprint density at radius 2 is 2.03 bits per heavy atom. The van der Waals surface area contributed by atoms with Gasteiger partial charge in [-0.3, -0.25) is 14.9 Å². The predicted octanol–water partition coefficient (Wildman–Crippen LogP) is 4.44. The number of benzene rings is 2. The van der Waals surface area contributed by atoms with E-state index < -0.39 is 10.8 Å². The lowest BCUT2D eigenvalue weighted by Crippen LogP contribution is -2.07. The average molecular weight is 423 g/mol. The average Bonchev–Trinajstić information content (AvgIpc) is 3.08. The highest BCUT2D eigenvalue weighted by molar-refractivity contribution is 6.02. The lowest BCUT2D eigenvalue weighted by molar-refractivity contribution is -0.384. The number of ether oxygens (including phenoxy) is 2. The number of hydrogen-bond donors (Lipinski definition) is 1. The summed E-state index contributed by atoms with van der Waals surface area (Å²) in [6.45, 7) is 3.96. The maximum absolute atomic E-state index is 12.1. The zero-order chi connectivity index (χ0) is 22.4. The van der Waals surface area contributed by atoms with Gasteiger partial charge in [-0.05, 0) is 43.7 Å². The molecule has 2 aromatic carbocycles. The van der Waals surface area contributed by atoms with Crippen molar-refractivity contribution in [2.75, 3.05) is 12.4 Å². The Kier molecular flexibility index (Phi) is 6.66. The molecule has 9 nitrogen and oxygen atoms in total. The number of amides is 1.